The predicted octanol–water partition coefficient (Wildman–Crippen LogP) is 3.81. The van der Waals surface area contributed by atoms with Gasteiger partial charge in [-0.1, -0.05) is 30.3 Å². The molecule has 6 nitrogen and oxygen atoms in total. The minimum absolute atomic E-state index is 0.121. The van der Waals surface area contributed by atoms with Crippen LogP contribution >= 0.6 is 0 Å². The number of amides is 1. The first-order valence-corrected chi connectivity index (χ1v) is 9.74. The summed E-state index contributed by atoms with van der Waals surface area (Å²) in [6, 6.07) is 18.1. The molecule has 3 aromatic rings. The van der Waals surface area contributed by atoms with Crippen LogP contribution in [0.2, 0.25) is 0 Å². The topological polar surface area (TPSA) is 58.6 Å². The minimum Gasteiger partial charge on any atom is -0.424 e. The lowest BCUT2D eigenvalue weighted by atomic mass is 10.1. The third-order valence-corrected chi connectivity index (χ3v) is 5.05. The third kappa shape index (κ3) is 4.43. The second kappa shape index (κ2) is 8.41. The summed E-state index contributed by atoms with van der Waals surface area (Å²) in [5.41, 5.74) is 3.27. The highest BCUT2D eigenvalue weighted by Gasteiger charge is 2.31. The summed E-state index contributed by atoms with van der Waals surface area (Å²) in [6.45, 7) is 6.11. The molecule has 2 heterocycles. The average Bonchev–Trinajstić information content (AvgIpc) is 2.71. The van der Waals surface area contributed by atoms with E-state index in [-0.39, 0.29) is 11.9 Å². The molecule has 1 aliphatic heterocycles. The Morgan fingerprint density at radius 1 is 1.03 bits per heavy atom. The largest absolute Gasteiger partial charge is 0.424 e. The van der Waals surface area contributed by atoms with Crippen LogP contribution in [0.3, 0.4) is 0 Å². The van der Waals surface area contributed by atoms with Gasteiger partial charge in [0.2, 0.25) is 5.91 Å². The molecular weight excluding hydrogens is 364 g/mol. The second-order valence-electron chi connectivity index (χ2n) is 7.35. The number of hydrogen-bond acceptors (Lipinski definition) is 5. The molecule has 1 aliphatic rings. The smallest absolute Gasteiger partial charge is 0.321 e. The average molecular weight is 388 g/mol. The summed E-state index contributed by atoms with van der Waals surface area (Å²) in [7, 11) is 0. The van der Waals surface area contributed by atoms with E-state index in [1.807, 2.05) is 60.4 Å². The zero-order valence-corrected chi connectivity index (χ0v) is 16.7. The van der Waals surface area contributed by atoms with Gasteiger partial charge in [-0.15, -0.1) is 0 Å². The van der Waals surface area contributed by atoms with Gasteiger partial charge in [0.1, 0.15) is 5.75 Å². The van der Waals surface area contributed by atoms with Gasteiger partial charge in [-0.2, -0.15) is 0 Å². The summed E-state index contributed by atoms with van der Waals surface area (Å²) in [5, 5.41) is 0. The molecular formula is C23H24N4O2. The molecule has 0 spiro atoms. The molecule has 1 amide bonds. The van der Waals surface area contributed by atoms with E-state index >= 15 is 0 Å². The van der Waals surface area contributed by atoms with Gasteiger partial charge in [0, 0.05) is 37.2 Å². The van der Waals surface area contributed by atoms with Crippen molar-refractivity contribution in [3.63, 3.8) is 0 Å². The van der Waals surface area contributed by atoms with Crippen LogP contribution in [0.5, 0.6) is 11.8 Å². The number of aromatic nitrogens is 2. The van der Waals surface area contributed by atoms with Gasteiger partial charge in [0.25, 0.3) is 0 Å². The maximum atomic E-state index is 12.9. The SMILES string of the molecule is Cc1ccccc1N1C(=O)CN(Cc2ccc(Oc3ncccn3)cc2)CC1C. The Balaban J connectivity index is 1.39. The van der Waals surface area contributed by atoms with Gasteiger partial charge in [0.15, 0.2) is 0 Å². The fraction of sp³-hybridized carbons (Fsp3) is 0.261. The van der Waals surface area contributed by atoms with Gasteiger partial charge in [-0.05, 0) is 49.2 Å². The van der Waals surface area contributed by atoms with E-state index in [2.05, 4.69) is 21.8 Å². The molecule has 6 heteroatoms. The molecule has 1 saturated heterocycles. The van der Waals surface area contributed by atoms with E-state index in [0.717, 1.165) is 29.9 Å². The number of benzene rings is 2. The van der Waals surface area contributed by atoms with Crippen LogP contribution in [-0.4, -0.2) is 39.9 Å². The quantitative estimate of drug-likeness (QED) is 0.665. The molecule has 1 fully saturated rings. The monoisotopic (exact) mass is 388 g/mol. The Morgan fingerprint density at radius 3 is 2.45 bits per heavy atom. The highest BCUT2D eigenvalue weighted by atomic mass is 16.5. The lowest BCUT2D eigenvalue weighted by Crippen LogP contribution is -2.55. The predicted molar refractivity (Wildman–Crippen MR) is 112 cm³/mol. The van der Waals surface area contributed by atoms with E-state index in [9.17, 15) is 4.79 Å². The third-order valence-electron chi connectivity index (χ3n) is 5.05. The molecule has 0 radical (unpaired) electrons. The number of anilines is 1. The van der Waals surface area contributed by atoms with Gasteiger partial charge in [-0.3, -0.25) is 9.69 Å². The Labute approximate surface area is 170 Å². The molecule has 4 rings (SSSR count). The van der Waals surface area contributed by atoms with Gasteiger partial charge < -0.3 is 9.64 Å². The molecule has 0 aliphatic carbocycles. The maximum Gasteiger partial charge on any atom is 0.321 e. The Kier molecular flexibility index (Phi) is 5.53. The summed E-state index contributed by atoms with van der Waals surface area (Å²) in [4.78, 5) is 25.1. The number of carbonyl (C=O) groups is 1. The molecule has 29 heavy (non-hydrogen) atoms. The van der Waals surface area contributed by atoms with E-state index < -0.39 is 0 Å². The highest BCUT2D eigenvalue weighted by molar-refractivity contribution is 5.96. The first kappa shape index (κ1) is 19.1. The van der Waals surface area contributed by atoms with Crippen molar-refractivity contribution in [2.45, 2.75) is 26.4 Å². The zero-order chi connectivity index (χ0) is 20.2. The Morgan fingerprint density at radius 2 is 1.76 bits per heavy atom. The Hall–Kier alpha value is -3.25. The van der Waals surface area contributed by atoms with Crippen molar-refractivity contribution in [2.24, 2.45) is 0 Å². The molecule has 2 aromatic carbocycles. The number of para-hydroxylation sites is 1. The minimum atomic E-state index is 0.121. The van der Waals surface area contributed by atoms with Crippen molar-refractivity contribution in [1.29, 1.82) is 0 Å². The van der Waals surface area contributed by atoms with Crippen molar-refractivity contribution in [1.82, 2.24) is 14.9 Å². The van der Waals surface area contributed by atoms with Crippen LogP contribution in [0.4, 0.5) is 5.69 Å². The van der Waals surface area contributed by atoms with Gasteiger partial charge >= 0.3 is 6.01 Å². The molecule has 1 atom stereocenters. The van der Waals surface area contributed by atoms with Crippen molar-refractivity contribution in [3.8, 4) is 11.8 Å². The van der Waals surface area contributed by atoms with Crippen LogP contribution in [0.25, 0.3) is 0 Å². The van der Waals surface area contributed by atoms with Gasteiger partial charge in [0.05, 0.1) is 6.54 Å². The summed E-state index contributed by atoms with van der Waals surface area (Å²) < 4.78 is 5.64. The number of rotatable bonds is 5. The number of aryl methyl sites for hydroxylation is 1. The van der Waals surface area contributed by atoms with E-state index in [0.29, 0.717) is 18.3 Å². The van der Waals surface area contributed by atoms with E-state index in [4.69, 9.17) is 4.74 Å². The molecule has 1 aromatic heterocycles. The number of piperazine rings is 1. The van der Waals surface area contributed by atoms with Crippen molar-refractivity contribution in [2.75, 3.05) is 18.0 Å². The van der Waals surface area contributed by atoms with Crippen molar-refractivity contribution in [3.05, 3.63) is 78.1 Å². The number of carbonyl (C=O) groups excluding carboxylic acids is 1. The lowest BCUT2D eigenvalue weighted by molar-refractivity contribution is -0.122. The molecule has 0 saturated carbocycles. The van der Waals surface area contributed by atoms with Crippen LogP contribution in [-0.2, 0) is 11.3 Å². The van der Waals surface area contributed by atoms with Crippen molar-refractivity contribution < 1.29 is 9.53 Å². The maximum absolute atomic E-state index is 12.9. The summed E-state index contributed by atoms with van der Waals surface area (Å²) in [5.74, 6) is 0.827. The van der Waals surface area contributed by atoms with Crippen LogP contribution in [0, 0.1) is 6.92 Å². The summed E-state index contributed by atoms with van der Waals surface area (Å²) >= 11 is 0. The fourth-order valence-electron chi connectivity index (χ4n) is 3.72. The number of hydrogen-bond donors (Lipinski definition) is 0. The van der Waals surface area contributed by atoms with Crippen molar-refractivity contribution >= 4 is 11.6 Å². The zero-order valence-electron chi connectivity index (χ0n) is 16.7. The highest BCUT2D eigenvalue weighted by Crippen LogP contribution is 2.26. The number of ether oxygens (including phenoxy) is 1. The standard InChI is InChI=1S/C23H24N4O2/c1-17-6-3-4-7-21(17)27-18(2)14-26(16-22(27)28)15-19-8-10-20(11-9-19)29-23-24-12-5-13-25-23/h3-13,18H,14-16H2,1-2H3. The van der Waals surface area contributed by atoms with E-state index in [1.54, 1.807) is 18.5 Å². The van der Waals surface area contributed by atoms with Crippen LogP contribution in [0.1, 0.15) is 18.1 Å². The number of nitrogens with zero attached hydrogens (tertiary/aromatic N) is 4. The van der Waals surface area contributed by atoms with Crippen LogP contribution < -0.4 is 9.64 Å². The fourth-order valence-corrected chi connectivity index (χ4v) is 3.72. The van der Waals surface area contributed by atoms with E-state index in [1.165, 1.54) is 0 Å². The molecule has 0 N–H and O–H groups in total. The van der Waals surface area contributed by atoms with Gasteiger partial charge in [-0.25, -0.2) is 9.97 Å². The normalized spacial score (nSPS) is 17.4. The second-order valence-corrected chi connectivity index (χ2v) is 7.35. The molecule has 1 unspecified atom stereocenters. The first-order valence-electron chi connectivity index (χ1n) is 9.74. The van der Waals surface area contributed by atoms with Crippen LogP contribution in [0.15, 0.2) is 67.0 Å². The lowest BCUT2D eigenvalue weighted by Gasteiger charge is -2.40. The molecule has 0 bridgehead atoms. The Bertz CT molecular complexity index is 976. The summed E-state index contributed by atoms with van der Waals surface area (Å²) in [6.07, 6.45) is 3.29. The molecule has 148 valence electrons. The first-order chi connectivity index (χ1) is 14.1.